The highest BCUT2D eigenvalue weighted by Gasteiger charge is 2.40. The highest BCUT2D eigenvalue weighted by Crippen LogP contribution is 2.25. The smallest absolute Gasteiger partial charge is 0.294 e. The van der Waals surface area contributed by atoms with E-state index in [1.165, 1.54) is 11.0 Å². The van der Waals surface area contributed by atoms with Crippen molar-refractivity contribution in [1.82, 2.24) is 24.6 Å². The summed E-state index contributed by atoms with van der Waals surface area (Å²) >= 11 is 6.06. The van der Waals surface area contributed by atoms with Crippen molar-refractivity contribution in [1.29, 1.82) is 0 Å². The first-order valence-electron chi connectivity index (χ1n) is 11.3. The Bertz CT molecular complexity index is 1190. The van der Waals surface area contributed by atoms with Crippen LogP contribution >= 0.6 is 11.6 Å². The lowest BCUT2D eigenvalue weighted by molar-refractivity contribution is 0.0160. The summed E-state index contributed by atoms with van der Waals surface area (Å²) in [6, 6.07) is 14.4. The van der Waals surface area contributed by atoms with E-state index in [0.29, 0.717) is 42.6 Å². The number of carbonyl (C=O) groups excluding carboxylic acids is 2. The van der Waals surface area contributed by atoms with E-state index >= 15 is 0 Å². The van der Waals surface area contributed by atoms with Crippen LogP contribution in [0.25, 0.3) is 5.69 Å². The number of ether oxygens (including phenoxy) is 1. The average Bonchev–Trinajstić information content (AvgIpc) is 3.32. The summed E-state index contributed by atoms with van der Waals surface area (Å²) in [5.41, 5.74) is 0.702. The zero-order valence-corrected chi connectivity index (χ0v) is 20.3. The SMILES string of the molecule is CCCOc1cccc(C(=O)N2CCN(C(=O)c3ncn(-c4cccc(Cl)c4)n3)C(C)(C)C2)c1. The van der Waals surface area contributed by atoms with Crippen molar-refractivity contribution in [2.75, 3.05) is 26.2 Å². The fourth-order valence-corrected chi connectivity index (χ4v) is 4.24. The van der Waals surface area contributed by atoms with Crippen molar-refractivity contribution in [2.24, 2.45) is 0 Å². The third-order valence-electron chi connectivity index (χ3n) is 5.74. The number of hydrogen-bond acceptors (Lipinski definition) is 5. The molecule has 0 N–H and O–H groups in total. The quantitative estimate of drug-likeness (QED) is 0.529. The molecule has 1 fully saturated rings. The van der Waals surface area contributed by atoms with Crippen molar-refractivity contribution in [3.8, 4) is 11.4 Å². The van der Waals surface area contributed by atoms with Crippen molar-refractivity contribution in [2.45, 2.75) is 32.7 Å². The number of carbonyl (C=O) groups is 2. The zero-order chi connectivity index (χ0) is 24.3. The summed E-state index contributed by atoms with van der Waals surface area (Å²) < 4.78 is 7.19. The standard InChI is InChI=1S/C25H28ClN5O3/c1-4-13-34-21-10-5-7-18(14-21)23(32)29-11-12-30(25(2,3)16-29)24(33)22-27-17-31(28-22)20-9-6-8-19(26)15-20/h5-10,14-15,17H,4,11-13,16H2,1-3H3. The summed E-state index contributed by atoms with van der Waals surface area (Å²) in [5.74, 6) is 0.439. The van der Waals surface area contributed by atoms with Gasteiger partial charge in [0.25, 0.3) is 11.8 Å². The van der Waals surface area contributed by atoms with Crippen molar-refractivity contribution in [3.05, 3.63) is 71.3 Å². The van der Waals surface area contributed by atoms with Crippen molar-refractivity contribution >= 4 is 23.4 Å². The fraction of sp³-hybridized carbons (Fsp3) is 0.360. The molecule has 0 unspecified atom stereocenters. The molecule has 1 aliphatic rings. The van der Waals surface area contributed by atoms with Crippen LogP contribution in [0.2, 0.25) is 5.02 Å². The maximum atomic E-state index is 13.3. The first kappa shape index (κ1) is 23.8. The van der Waals surface area contributed by atoms with Crippen LogP contribution in [0, 0.1) is 0 Å². The second-order valence-electron chi connectivity index (χ2n) is 8.86. The fourth-order valence-electron chi connectivity index (χ4n) is 4.05. The second kappa shape index (κ2) is 9.85. The van der Waals surface area contributed by atoms with Gasteiger partial charge in [0.15, 0.2) is 0 Å². The van der Waals surface area contributed by atoms with Crippen LogP contribution in [0.1, 0.15) is 48.2 Å². The minimum atomic E-state index is -0.594. The molecule has 4 rings (SSSR count). The molecule has 2 heterocycles. The first-order chi connectivity index (χ1) is 16.3. The van der Waals surface area contributed by atoms with Crippen LogP contribution in [0.15, 0.2) is 54.9 Å². The summed E-state index contributed by atoms with van der Waals surface area (Å²) in [6.07, 6.45) is 2.40. The number of benzene rings is 2. The molecule has 0 aliphatic carbocycles. The minimum Gasteiger partial charge on any atom is -0.494 e. The van der Waals surface area contributed by atoms with E-state index in [-0.39, 0.29) is 17.6 Å². The molecule has 8 nitrogen and oxygen atoms in total. The van der Waals surface area contributed by atoms with Gasteiger partial charge in [-0.3, -0.25) is 9.59 Å². The van der Waals surface area contributed by atoms with E-state index in [0.717, 1.165) is 12.1 Å². The van der Waals surface area contributed by atoms with Crippen molar-refractivity contribution in [3.63, 3.8) is 0 Å². The molecule has 178 valence electrons. The normalized spacial score (nSPS) is 15.3. The molecule has 0 bridgehead atoms. The van der Waals surface area contributed by atoms with E-state index in [4.69, 9.17) is 16.3 Å². The molecule has 3 aromatic rings. The van der Waals surface area contributed by atoms with Gasteiger partial charge in [-0.05, 0) is 56.7 Å². The number of aromatic nitrogens is 3. The lowest BCUT2D eigenvalue weighted by Crippen LogP contribution is -2.62. The van der Waals surface area contributed by atoms with Crippen LogP contribution in [-0.4, -0.2) is 68.2 Å². The predicted octanol–water partition coefficient (Wildman–Crippen LogP) is 4.09. The maximum absolute atomic E-state index is 13.3. The lowest BCUT2D eigenvalue weighted by atomic mass is 9.97. The Hall–Kier alpha value is -3.39. The number of piperazine rings is 1. The molecule has 9 heteroatoms. The maximum Gasteiger partial charge on any atom is 0.294 e. The zero-order valence-electron chi connectivity index (χ0n) is 19.6. The molecule has 0 radical (unpaired) electrons. The second-order valence-corrected chi connectivity index (χ2v) is 9.30. The number of halogens is 1. The molecule has 34 heavy (non-hydrogen) atoms. The molecule has 0 spiro atoms. The molecule has 1 aliphatic heterocycles. The molecule has 0 atom stereocenters. The van der Waals surface area contributed by atoms with E-state index in [2.05, 4.69) is 10.1 Å². The van der Waals surface area contributed by atoms with Gasteiger partial charge in [0, 0.05) is 30.2 Å². The Balaban J connectivity index is 1.46. The molecule has 2 aromatic carbocycles. The van der Waals surface area contributed by atoms with Crippen LogP contribution in [0.4, 0.5) is 0 Å². The van der Waals surface area contributed by atoms with Gasteiger partial charge in [0.05, 0.1) is 17.8 Å². The van der Waals surface area contributed by atoms with E-state index in [9.17, 15) is 9.59 Å². The van der Waals surface area contributed by atoms with Gasteiger partial charge in [0.2, 0.25) is 5.82 Å². The van der Waals surface area contributed by atoms with Gasteiger partial charge in [-0.1, -0.05) is 30.7 Å². The van der Waals surface area contributed by atoms with Gasteiger partial charge >= 0.3 is 0 Å². The molecule has 1 aromatic heterocycles. The summed E-state index contributed by atoms with van der Waals surface area (Å²) in [5, 5.41) is 4.93. The van der Waals surface area contributed by atoms with Gasteiger partial charge in [-0.25, -0.2) is 9.67 Å². The van der Waals surface area contributed by atoms with Crippen LogP contribution in [0.3, 0.4) is 0 Å². The molecule has 0 saturated carbocycles. The summed E-state index contributed by atoms with van der Waals surface area (Å²) in [4.78, 5) is 34.2. The summed E-state index contributed by atoms with van der Waals surface area (Å²) in [7, 11) is 0. The van der Waals surface area contributed by atoms with E-state index < -0.39 is 5.54 Å². The van der Waals surface area contributed by atoms with Crippen LogP contribution in [-0.2, 0) is 0 Å². The Morgan fingerprint density at radius 3 is 2.62 bits per heavy atom. The van der Waals surface area contributed by atoms with Crippen LogP contribution < -0.4 is 4.74 Å². The van der Waals surface area contributed by atoms with Crippen LogP contribution in [0.5, 0.6) is 5.75 Å². The molecular weight excluding hydrogens is 454 g/mol. The van der Waals surface area contributed by atoms with E-state index in [1.807, 2.05) is 45.0 Å². The number of nitrogens with zero attached hydrogens (tertiary/aromatic N) is 5. The third-order valence-corrected chi connectivity index (χ3v) is 5.98. The Morgan fingerprint density at radius 1 is 1.09 bits per heavy atom. The third kappa shape index (κ3) is 5.07. The number of amides is 2. The highest BCUT2D eigenvalue weighted by molar-refractivity contribution is 6.30. The van der Waals surface area contributed by atoms with Gasteiger partial charge < -0.3 is 14.5 Å². The minimum absolute atomic E-state index is 0.0783. The molecule has 2 amide bonds. The molecular formula is C25H28ClN5O3. The number of rotatable bonds is 6. The summed E-state index contributed by atoms with van der Waals surface area (Å²) in [6.45, 7) is 7.73. The largest absolute Gasteiger partial charge is 0.494 e. The first-order valence-corrected chi connectivity index (χ1v) is 11.7. The predicted molar refractivity (Wildman–Crippen MR) is 130 cm³/mol. The topological polar surface area (TPSA) is 80.6 Å². The average molecular weight is 482 g/mol. The number of hydrogen-bond donors (Lipinski definition) is 0. The van der Waals surface area contributed by atoms with E-state index in [1.54, 1.807) is 34.1 Å². The Labute approximate surface area is 204 Å². The Morgan fingerprint density at radius 2 is 1.88 bits per heavy atom. The highest BCUT2D eigenvalue weighted by atomic mass is 35.5. The van der Waals surface area contributed by atoms with Gasteiger partial charge in [-0.2, -0.15) is 0 Å². The van der Waals surface area contributed by atoms with Crippen molar-refractivity contribution < 1.29 is 14.3 Å². The van der Waals surface area contributed by atoms with Gasteiger partial charge in [-0.15, -0.1) is 5.10 Å². The lowest BCUT2D eigenvalue weighted by Gasteiger charge is -2.46. The van der Waals surface area contributed by atoms with Gasteiger partial charge in [0.1, 0.15) is 12.1 Å². The molecule has 1 saturated heterocycles. The monoisotopic (exact) mass is 481 g/mol. The Kier molecular flexibility index (Phi) is 6.88.